The topological polar surface area (TPSA) is 52.6 Å². The molecule has 0 aliphatic rings. The Hall–Kier alpha value is -2.82. The highest BCUT2D eigenvalue weighted by Crippen LogP contribution is 2.34. The number of benzene rings is 3. The molecule has 29 heavy (non-hydrogen) atoms. The Labute approximate surface area is 179 Å². The maximum atomic E-state index is 12.4. The van der Waals surface area contributed by atoms with E-state index >= 15 is 0 Å². The van der Waals surface area contributed by atoms with Crippen molar-refractivity contribution in [3.05, 3.63) is 93.5 Å². The van der Waals surface area contributed by atoms with Crippen LogP contribution in [-0.2, 0) is 18.0 Å². The van der Waals surface area contributed by atoms with Crippen LogP contribution in [0, 0.1) is 0 Å². The molecule has 148 valence electrons. The average molecular weight is 429 g/mol. The van der Waals surface area contributed by atoms with Crippen LogP contribution in [-0.4, -0.2) is 11.6 Å². The van der Waals surface area contributed by atoms with Crippen molar-refractivity contribution in [1.82, 2.24) is 0 Å². The van der Waals surface area contributed by atoms with E-state index in [0.717, 1.165) is 11.1 Å². The van der Waals surface area contributed by atoms with Crippen LogP contribution in [0.15, 0.2) is 66.7 Å². The molecule has 0 saturated carbocycles. The average Bonchev–Trinajstić information content (AvgIpc) is 2.72. The fraction of sp³-hybridized carbons (Fsp3) is 0.130. The van der Waals surface area contributed by atoms with Crippen molar-refractivity contribution in [2.75, 3.05) is 0 Å². The van der Waals surface area contributed by atoms with Gasteiger partial charge >= 0.3 is 0 Å². The smallest absolute Gasteiger partial charge is 0.232 e. The summed E-state index contributed by atoms with van der Waals surface area (Å²) in [5, 5.41) is 1.11. The molecule has 0 atom stereocenters. The molecule has 0 amide bonds. The maximum Gasteiger partial charge on any atom is 0.232 e. The fourth-order valence-corrected chi connectivity index (χ4v) is 3.06. The van der Waals surface area contributed by atoms with Crippen LogP contribution in [0.2, 0.25) is 10.0 Å². The zero-order valence-electron chi connectivity index (χ0n) is 15.7. The Bertz CT molecular complexity index is 1050. The van der Waals surface area contributed by atoms with Crippen LogP contribution >= 0.6 is 23.2 Å². The van der Waals surface area contributed by atoms with Gasteiger partial charge in [0, 0.05) is 28.1 Å². The van der Waals surface area contributed by atoms with E-state index in [1.807, 2.05) is 36.4 Å². The van der Waals surface area contributed by atoms with Crippen molar-refractivity contribution in [3.63, 3.8) is 0 Å². The van der Waals surface area contributed by atoms with Crippen LogP contribution in [0.1, 0.15) is 28.4 Å². The lowest BCUT2D eigenvalue weighted by atomic mass is 10.1. The Kier molecular flexibility index (Phi) is 6.91. The highest BCUT2D eigenvalue weighted by molar-refractivity contribution is 6.43. The van der Waals surface area contributed by atoms with Crippen molar-refractivity contribution in [3.8, 4) is 11.5 Å². The van der Waals surface area contributed by atoms with Gasteiger partial charge in [-0.1, -0.05) is 65.7 Å². The number of halogens is 2. The second-order valence-corrected chi connectivity index (χ2v) is 7.09. The van der Waals surface area contributed by atoms with Gasteiger partial charge in [-0.2, -0.15) is 0 Å². The number of Topliss-reactive ketones (excluding diaryl/α,β-unsaturated/α-hetero) is 2. The number of hydrogen-bond acceptors (Lipinski definition) is 4. The number of ketones is 2. The molecule has 0 saturated heterocycles. The summed E-state index contributed by atoms with van der Waals surface area (Å²) >= 11 is 12.4. The number of carbonyl (C=O) groups is 2. The van der Waals surface area contributed by atoms with Gasteiger partial charge in [0.1, 0.15) is 13.2 Å². The lowest BCUT2D eigenvalue weighted by molar-refractivity contribution is -0.113. The number of carbonyl (C=O) groups excluding carboxylic acids is 2. The van der Waals surface area contributed by atoms with Gasteiger partial charge in [-0.05, 0) is 24.3 Å². The van der Waals surface area contributed by atoms with E-state index in [9.17, 15) is 9.59 Å². The molecule has 0 aliphatic carbocycles. The van der Waals surface area contributed by atoms with Crippen molar-refractivity contribution in [2.45, 2.75) is 20.1 Å². The summed E-state index contributed by atoms with van der Waals surface area (Å²) in [6.07, 6.45) is 0. The SMILES string of the molecule is CC(=O)C(=O)c1cccc(OCc2ccccc2Cl)c1OCc1ccccc1Cl. The van der Waals surface area contributed by atoms with Gasteiger partial charge in [-0.25, -0.2) is 0 Å². The normalized spacial score (nSPS) is 10.4. The Morgan fingerprint density at radius 3 is 1.86 bits per heavy atom. The highest BCUT2D eigenvalue weighted by atomic mass is 35.5. The van der Waals surface area contributed by atoms with Crippen molar-refractivity contribution < 1.29 is 19.1 Å². The predicted octanol–water partition coefficient (Wildman–Crippen LogP) is 5.92. The van der Waals surface area contributed by atoms with Gasteiger partial charge in [-0.15, -0.1) is 0 Å². The van der Waals surface area contributed by atoms with E-state index in [1.165, 1.54) is 13.0 Å². The molecular weight excluding hydrogens is 411 g/mol. The summed E-state index contributed by atoms with van der Waals surface area (Å²) < 4.78 is 11.8. The summed E-state index contributed by atoms with van der Waals surface area (Å²) in [4.78, 5) is 24.1. The minimum absolute atomic E-state index is 0.115. The standard InChI is InChI=1S/C23H18Cl2O4/c1-15(26)22(27)18-9-6-12-21(28-13-16-7-2-4-10-19(16)24)23(18)29-14-17-8-3-5-11-20(17)25/h2-12H,13-14H2,1H3. The third-order valence-corrected chi connectivity index (χ3v) is 4.95. The molecule has 0 fully saturated rings. The van der Waals surface area contributed by atoms with Gasteiger partial charge in [0.2, 0.25) is 5.78 Å². The molecule has 0 heterocycles. The quantitative estimate of drug-likeness (QED) is 0.329. The van der Waals surface area contributed by atoms with Crippen molar-refractivity contribution >= 4 is 34.8 Å². The van der Waals surface area contributed by atoms with Gasteiger partial charge in [0.15, 0.2) is 17.3 Å². The zero-order chi connectivity index (χ0) is 20.8. The van der Waals surface area contributed by atoms with Crippen LogP contribution in [0.4, 0.5) is 0 Å². The van der Waals surface area contributed by atoms with Gasteiger partial charge in [0.05, 0.1) is 5.56 Å². The number of rotatable bonds is 8. The summed E-state index contributed by atoms with van der Waals surface area (Å²) in [6, 6.07) is 19.4. The monoisotopic (exact) mass is 428 g/mol. The second kappa shape index (κ2) is 9.59. The lowest BCUT2D eigenvalue weighted by Gasteiger charge is -2.16. The molecule has 3 rings (SSSR count). The lowest BCUT2D eigenvalue weighted by Crippen LogP contribution is -2.13. The van der Waals surface area contributed by atoms with Gasteiger partial charge in [0.25, 0.3) is 0 Å². The Balaban J connectivity index is 1.91. The molecule has 0 radical (unpaired) electrons. The van der Waals surface area contributed by atoms with Crippen LogP contribution in [0.5, 0.6) is 11.5 Å². The molecule has 0 bridgehead atoms. The van der Waals surface area contributed by atoms with E-state index in [4.69, 9.17) is 32.7 Å². The number of hydrogen-bond donors (Lipinski definition) is 0. The molecule has 0 aromatic heterocycles. The van der Waals surface area contributed by atoms with E-state index < -0.39 is 11.6 Å². The van der Waals surface area contributed by atoms with Crippen LogP contribution in [0.25, 0.3) is 0 Å². The maximum absolute atomic E-state index is 12.4. The molecule has 6 heteroatoms. The predicted molar refractivity (Wildman–Crippen MR) is 113 cm³/mol. The Morgan fingerprint density at radius 1 is 0.759 bits per heavy atom. The molecule has 3 aromatic rings. The van der Waals surface area contributed by atoms with Crippen LogP contribution in [0.3, 0.4) is 0 Å². The first-order valence-corrected chi connectivity index (χ1v) is 9.63. The highest BCUT2D eigenvalue weighted by Gasteiger charge is 2.21. The van der Waals surface area contributed by atoms with E-state index in [0.29, 0.717) is 15.8 Å². The molecule has 3 aromatic carbocycles. The summed E-state index contributed by atoms with van der Waals surface area (Å²) in [7, 11) is 0. The van der Waals surface area contributed by atoms with Gasteiger partial charge in [-0.3, -0.25) is 9.59 Å². The first-order valence-electron chi connectivity index (χ1n) is 8.88. The minimum Gasteiger partial charge on any atom is -0.485 e. The third kappa shape index (κ3) is 5.17. The molecule has 0 aliphatic heterocycles. The third-order valence-electron chi connectivity index (χ3n) is 4.21. The first-order chi connectivity index (χ1) is 14.0. The molecular formula is C23H18Cl2O4. The summed E-state index contributed by atoms with van der Waals surface area (Å²) in [6.45, 7) is 1.52. The van der Waals surface area contributed by atoms with Crippen LogP contribution < -0.4 is 9.47 Å². The summed E-state index contributed by atoms with van der Waals surface area (Å²) in [5.74, 6) is -0.707. The number of para-hydroxylation sites is 1. The van der Waals surface area contributed by atoms with E-state index in [1.54, 1.807) is 24.3 Å². The first kappa shape index (κ1) is 20.9. The Morgan fingerprint density at radius 2 is 1.31 bits per heavy atom. The van der Waals surface area contributed by atoms with E-state index in [2.05, 4.69) is 0 Å². The molecule has 4 nitrogen and oxygen atoms in total. The minimum atomic E-state index is -0.651. The molecule has 0 N–H and O–H groups in total. The van der Waals surface area contributed by atoms with Crippen molar-refractivity contribution in [2.24, 2.45) is 0 Å². The summed E-state index contributed by atoms with van der Waals surface area (Å²) in [5.41, 5.74) is 1.67. The van der Waals surface area contributed by atoms with Gasteiger partial charge < -0.3 is 9.47 Å². The fourth-order valence-electron chi connectivity index (χ4n) is 2.68. The molecule has 0 spiro atoms. The zero-order valence-corrected chi connectivity index (χ0v) is 17.2. The largest absolute Gasteiger partial charge is 0.485 e. The number of ether oxygens (including phenoxy) is 2. The second-order valence-electron chi connectivity index (χ2n) is 6.28. The molecule has 0 unspecified atom stereocenters. The van der Waals surface area contributed by atoms with Crippen molar-refractivity contribution in [1.29, 1.82) is 0 Å². The van der Waals surface area contributed by atoms with E-state index in [-0.39, 0.29) is 24.5 Å².